The molecule has 5 nitrogen and oxygen atoms in total. The summed E-state index contributed by atoms with van der Waals surface area (Å²) in [5.41, 5.74) is 1.31. The number of carbonyl (C=O) groups is 1. The van der Waals surface area contributed by atoms with E-state index >= 15 is 0 Å². The van der Waals surface area contributed by atoms with E-state index in [1.807, 2.05) is 18.2 Å². The standard InChI is InChI=1S/C19H28N2O3/c1-3-10-24-16-5-4-14(11-17(16)23-2)13-21-18(22)15-12-19(15)6-8-20-9-7-19/h4-5,11,15,20H,3,6-10,12-13H2,1-2H3,(H,21,22). The van der Waals surface area contributed by atoms with Crippen molar-refractivity contribution in [3.05, 3.63) is 23.8 Å². The quantitative estimate of drug-likeness (QED) is 0.805. The number of piperidine rings is 1. The lowest BCUT2D eigenvalue weighted by molar-refractivity contribution is -0.123. The van der Waals surface area contributed by atoms with Gasteiger partial charge in [-0.3, -0.25) is 4.79 Å². The van der Waals surface area contributed by atoms with Gasteiger partial charge in [-0.25, -0.2) is 0 Å². The number of methoxy groups -OCH3 is 1. The van der Waals surface area contributed by atoms with E-state index in [1.54, 1.807) is 7.11 Å². The summed E-state index contributed by atoms with van der Waals surface area (Å²) in [5.74, 6) is 1.87. The molecule has 2 N–H and O–H groups in total. The second kappa shape index (κ2) is 7.43. The van der Waals surface area contributed by atoms with E-state index in [-0.39, 0.29) is 17.2 Å². The number of amides is 1. The fourth-order valence-corrected chi connectivity index (χ4v) is 3.66. The van der Waals surface area contributed by atoms with Crippen molar-refractivity contribution in [3.63, 3.8) is 0 Å². The van der Waals surface area contributed by atoms with Crippen LogP contribution in [0.3, 0.4) is 0 Å². The lowest BCUT2D eigenvalue weighted by Gasteiger charge is -2.23. The Balaban J connectivity index is 1.54. The number of rotatable bonds is 7. The van der Waals surface area contributed by atoms with Crippen LogP contribution in [0.4, 0.5) is 0 Å². The van der Waals surface area contributed by atoms with Gasteiger partial charge in [0.25, 0.3) is 0 Å². The van der Waals surface area contributed by atoms with Gasteiger partial charge in [-0.05, 0) is 61.9 Å². The molecule has 1 aliphatic heterocycles. The molecule has 1 heterocycles. The minimum atomic E-state index is 0.196. The van der Waals surface area contributed by atoms with E-state index in [1.165, 1.54) is 0 Å². The van der Waals surface area contributed by atoms with Gasteiger partial charge in [0.15, 0.2) is 11.5 Å². The molecular weight excluding hydrogens is 304 g/mol. The Bertz CT molecular complexity index is 582. The maximum atomic E-state index is 12.4. The third kappa shape index (κ3) is 3.66. The maximum Gasteiger partial charge on any atom is 0.223 e. The highest BCUT2D eigenvalue weighted by Gasteiger charge is 2.57. The van der Waals surface area contributed by atoms with Crippen LogP contribution in [0.2, 0.25) is 0 Å². The normalized spacial score (nSPS) is 21.3. The zero-order valence-electron chi connectivity index (χ0n) is 14.7. The Labute approximate surface area is 144 Å². The number of nitrogens with one attached hydrogen (secondary N) is 2. The molecule has 1 amide bonds. The van der Waals surface area contributed by atoms with Crippen LogP contribution < -0.4 is 20.1 Å². The van der Waals surface area contributed by atoms with Gasteiger partial charge < -0.3 is 20.1 Å². The summed E-state index contributed by atoms with van der Waals surface area (Å²) in [5, 5.41) is 6.46. The van der Waals surface area contributed by atoms with E-state index in [4.69, 9.17) is 9.47 Å². The second-order valence-corrected chi connectivity index (χ2v) is 6.92. The van der Waals surface area contributed by atoms with Gasteiger partial charge >= 0.3 is 0 Å². The fraction of sp³-hybridized carbons (Fsp3) is 0.632. The first-order valence-electron chi connectivity index (χ1n) is 8.96. The molecule has 1 aromatic carbocycles. The van der Waals surface area contributed by atoms with E-state index in [9.17, 15) is 4.79 Å². The number of carbonyl (C=O) groups excluding carboxylic acids is 1. The van der Waals surface area contributed by atoms with Crippen LogP contribution in [-0.4, -0.2) is 32.7 Å². The minimum Gasteiger partial charge on any atom is -0.493 e. The third-order valence-electron chi connectivity index (χ3n) is 5.26. The SMILES string of the molecule is CCCOc1ccc(CNC(=O)C2CC23CCNCC3)cc1OC. The van der Waals surface area contributed by atoms with Crippen LogP contribution in [0.1, 0.15) is 38.2 Å². The lowest BCUT2D eigenvalue weighted by atomic mass is 9.92. The summed E-state index contributed by atoms with van der Waals surface area (Å²) < 4.78 is 11.1. The molecular formula is C19H28N2O3. The molecule has 1 saturated carbocycles. The van der Waals surface area contributed by atoms with Gasteiger partial charge in [-0.1, -0.05) is 13.0 Å². The van der Waals surface area contributed by atoms with Gasteiger partial charge in [-0.2, -0.15) is 0 Å². The molecule has 1 atom stereocenters. The van der Waals surface area contributed by atoms with E-state index in [2.05, 4.69) is 17.6 Å². The second-order valence-electron chi connectivity index (χ2n) is 6.92. The molecule has 1 saturated heterocycles. The number of ether oxygens (including phenoxy) is 2. The molecule has 0 radical (unpaired) electrons. The van der Waals surface area contributed by atoms with Crippen molar-refractivity contribution in [2.24, 2.45) is 11.3 Å². The highest BCUT2D eigenvalue weighted by atomic mass is 16.5. The topological polar surface area (TPSA) is 59.6 Å². The van der Waals surface area contributed by atoms with Gasteiger partial charge in [0, 0.05) is 12.5 Å². The third-order valence-corrected chi connectivity index (χ3v) is 5.26. The van der Waals surface area contributed by atoms with Gasteiger partial charge in [0.05, 0.1) is 13.7 Å². The van der Waals surface area contributed by atoms with Crippen molar-refractivity contribution in [3.8, 4) is 11.5 Å². The molecule has 2 fully saturated rings. The van der Waals surface area contributed by atoms with E-state index in [0.717, 1.165) is 55.8 Å². The summed E-state index contributed by atoms with van der Waals surface area (Å²) in [6, 6.07) is 5.85. The first kappa shape index (κ1) is 17.1. The van der Waals surface area contributed by atoms with E-state index in [0.29, 0.717) is 13.2 Å². The molecule has 0 aromatic heterocycles. The van der Waals surface area contributed by atoms with Crippen molar-refractivity contribution in [2.45, 2.75) is 39.2 Å². The van der Waals surface area contributed by atoms with Crippen molar-refractivity contribution < 1.29 is 14.3 Å². The Kier molecular flexibility index (Phi) is 5.29. The average Bonchev–Trinajstić information content (AvgIpc) is 3.31. The summed E-state index contributed by atoms with van der Waals surface area (Å²) in [6.07, 6.45) is 4.26. The molecule has 1 aliphatic carbocycles. The van der Waals surface area contributed by atoms with Crippen LogP contribution in [-0.2, 0) is 11.3 Å². The summed E-state index contributed by atoms with van der Waals surface area (Å²) in [4.78, 5) is 12.4. The van der Waals surface area contributed by atoms with Crippen molar-refractivity contribution in [1.29, 1.82) is 0 Å². The average molecular weight is 332 g/mol. The van der Waals surface area contributed by atoms with Gasteiger partial charge in [0.2, 0.25) is 5.91 Å². The van der Waals surface area contributed by atoms with Gasteiger partial charge in [-0.15, -0.1) is 0 Å². The number of hydrogen-bond donors (Lipinski definition) is 2. The first-order valence-corrected chi connectivity index (χ1v) is 8.96. The molecule has 2 aliphatic rings. The Hall–Kier alpha value is -1.75. The number of benzene rings is 1. The Morgan fingerprint density at radius 3 is 2.83 bits per heavy atom. The smallest absolute Gasteiger partial charge is 0.223 e. The highest BCUT2D eigenvalue weighted by Crippen LogP contribution is 2.58. The summed E-state index contributed by atoms with van der Waals surface area (Å²) >= 11 is 0. The fourth-order valence-electron chi connectivity index (χ4n) is 3.66. The first-order chi connectivity index (χ1) is 11.7. The highest BCUT2D eigenvalue weighted by molar-refractivity contribution is 5.82. The Morgan fingerprint density at radius 2 is 2.12 bits per heavy atom. The number of hydrogen-bond acceptors (Lipinski definition) is 4. The molecule has 5 heteroatoms. The largest absolute Gasteiger partial charge is 0.493 e. The van der Waals surface area contributed by atoms with E-state index < -0.39 is 0 Å². The molecule has 1 unspecified atom stereocenters. The monoisotopic (exact) mass is 332 g/mol. The zero-order chi connectivity index (χ0) is 17.0. The molecule has 1 aromatic rings. The summed E-state index contributed by atoms with van der Waals surface area (Å²) in [6.45, 7) is 5.36. The molecule has 1 spiro atoms. The lowest BCUT2D eigenvalue weighted by Crippen LogP contribution is -2.33. The minimum absolute atomic E-state index is 0.196. The molecule has 3 rings (SSSR count). The molecule has 132 valence electrons. The van der Waals surface area contributed by atoms with Crippen molar-refractivity contribution in [1.82, 2.24) is 10.6 Å². The van der Waals surface area contributed by atoms with Crippen LogP contribution in [0, 0.1) is 11.3 Å². The van der Waals surface area contributed by atoms with Crippen LogP contribution >= 0.6 is 0 Å². The Morgan fingerprint density at radius 1 is 1.33 bits per heavy atom. The van der Waals surface area contributed by atoms with Crippen molar-refractivity contribution in [2.75, 3.05) is 26.8 Å². The van der Waals surface area contributed by atoms with Crippen LogP contribution in [0.25, 0.3) is 0 Å². The zero-order valence-corrected chi connectivity index (χ0v) is 14.7. The summed E-state index contributed by atoms with van der Waals surface area (Å²) in [7, 11) is 1.64. The van der Waals surface area contributed by atoms with Crippen molar-refractivity contribution >= 4 is 5.91 Å². The molecule has 0 bridgehead atoms. The predicted molar refractivity (Wildman–Crippen MR) is 93.3 cm³/mol. The van der Waals surface area contributed by atoms with Crippen LogP contribution in [0.5, 0.6) is 11.5 Å². The van der Waals surface area contributed by atoms with Gasteiger partial charge in [0.1, 0.15) is 0 Å². The van der Waals surface area contributed by atoms with Crippen LogP contribution in [0.15, 0.2) is 18.2 Å². The predicted octanol–water partition coefficient (Wildman–Crippen LogP) is 2.49. The molecule has 24 heavy (non-hydrogen) atoms. The maximum absolute atomic E-state index is 12.4.